The quantitative estimate of drug-likeness (QED) is 0.300. The number of carboxylic acid groups (broad SMARTS) is 1. The van der Waals surface area contributed by atoms with Gasteiger partial charge in [-0.2, -0.15) is 0 Å². The van der Waals surface area contributed by atoms with E-state index >= 15 is 0 Å². The van der Waals surface area contributed by atoms with Crippen molar-refractivity contribution in [1.29, 1.82) is 0 Å². The summed E-state index contributed by atoms with van der Waals surface area (Å²) in [7, 11) is 5.34. The number of hydrogen-bond donors (Lipinski definition) is 1. The first-order valence-corrected chi connectivity index (χ1v) is 9.55. The summed E-state index contributed by atoms with van der Waals surface area (Å²) in [6, 6.07) is 0. The van der Waals surface area contributed by atoms with Crippen molar-refractivity contribution in [1.82, 2.24) is 5.32 Å². The van der Waals surface area contributed by atoms with Crippen LogP contribution in [0.15, 0.2) is 0 Å². The molecule has 0 radical (unpaired) electrons. The summed E-state index contributed by atoms with van der Waals surface area (Å²) < 4.78 is 0.117. The van der Waals surface area contributed by atoms with E-state index in [0.29, 0.717) is 19.3 Å². The van der Waals surface area contributed by atoms with Gasteiger partial charge in [-0.25, -0.2) is 0 Å². The highest BCUT2D eigenvalue weighted by Gasteiger charge is 2.45. The molecule has 1 amide bonds. The molecule has 0 aromatic heterocycles. The summed E-state index contributed by atoms with van der Waals surface area (Å²) in [6.07, 6.45) is 10.7. The Balaban J connectivity index is 4.32. The highest BCUT2D eigenvalue weighted by molar-refractivity contribution is 5.84. The van der Waals surface area contributed by atoms with Crippen LogP contribution in [0.3, 0.4) is 0 Å². The second kappa shape index (κ2) is 11.5. The average Bonchev–Trinajstić information content (AvgIpc) is 2.48. The zero-order chi connectivity index (χ0) is 18.6. The SMILES string of the molecule is CCCCCCCCCCC(=O)NC(CCC)(C(=O)[O-])[N+](C)(C)C. The summed E-state index contributed by atoms with van der Waals surface area (Å²) in [5.74, 6) is -1.40. The molecular formula is C19H38N2O3. The lowest BCUT2D eigenvalue weighted by Gasteiger charge is -2.46. The van der Waals surface area contributed by atoms with Crippen LogP contribution in [0.5, 0.6) is 0 Å². The van der Waals surface area contributed by atoms with Crippen LogP contribution in [-0.2, 0) is 9.59 Å². The summed E-state index contributed by atoms with van der Waals surface area (Å²) in [6.45, 7) is 4.12. The Hall–Kier alpha value is -1.10. The maximum atomic E-state index is 12.2. The molecule has 24 heavy (non-hydrogen) atoms. The minimum Gasteiger partial charge on any atom is -0.542 e. The number of likely N-dealkylation sites (N-methyl/N-ethyl adjacent to an activating group) is 1. The van der Waals surface area contributed by atoms with E-state index in [9.17, 15) is 14.7 Å². The molecule has 1 unspecified atom stereocenters. The van der Waals surface area contributed by atoms with Gasteiger partial charge in [0.1, 0.15) is 5.97 Å². The lowest BCUT2D eigenvalue weighted by Crippen LogP contribution is -2.74. The number of nitrogens with zero attached hydrogens (tertiary/aromatic N) is 1. The van der Waals surface area contributed by atoms with Gasteiger partial charge < -0.3 is 14.4 Å². The average molecular weight is 343 g/mol. The van der Waals surface area contributed by atoms with E-state index in [0.717, 1.165) is 19.3 Å². The second-order valence-electron chi connectivity index (χ2n) is 7.68. The minimum absolute atomic E-state index is 0.117. The zero-order valence-electron chi connectivity index (χ0n) is 16.5. The second-order valence-corrected chi connectivity index (χ2v) is 7.68. The van der Waals surface area contributed by atoms with Gasteiger partial charge >= 0.3 is 0 Å². The fraction of sp³-hybridized carbons (Fsp3) is 0.895. The highest BCUT2D eigenvalue weighted by Crippen LogP contribution is 2.22. The van der Waals surface area contributed by atoms with Crippen molar-refractivity contribution < 1.29 is 19.2 Å². The molecule has 0 bridgehead atoms. The van der Waals surface area contributed by atoms with Crippen LogP contribution in [0.1, 0.15) is 84.5 Å². The Labute approximate surface area is 148 Å². The smallest absolute Gasteiger partial charge is 0.224 e. The molecule has 1 N–H and O–H groups in total. The third-order valence-electron chi connectivity index (χ3n) is 4.70. The number of carbonyl (C=O) groups is 2. The summed E-state index contributed by atoms with van der Waals surface area (Å²) in [4.78, 5) is 24.0. The zero-order valence-corrected chi connectivity index (χ0v) is 16.5. The maximum absolute atomic E-state index is 12.2. The fourth-order valence-corrected chi connectivity index (χ4v) is 3.07. The first-order chi connectivity index (χ1) is 11.2. The predicted octanol–water partition coefficient (Wildman–Crippen LogP) is 2.59. The van der Waals surface area contributed by atoms with Crippen LogP contribution in [0.25, 0.3) is 0 Å². The molecule has 0 aliphatic heterocycles. The van der Waals surface area contributed by atoms with Gasteiger partial charge in [0.2, 0.25) is 11.6 Å². The maximum Gasteiger partial charge on any atom is 0.224 e. The van der Waals surface area contributed by atoms with Gasteiger partial charge in [0.25, 0.3) is 0 Å². The molecule has 0 fully saturated rings. The number of unbranched alkanes of at least 4 members (excludes halogenated alkanes) is 7. The Bertz CT molecular complexity index is 377. The summed E-state index contributed by atoms with van der Waals surface area (Å²) >= 11 is 0. The molecule has 0 saturated heterocycles. The number of rotatable bonds is 14. The van der Waals surface area contributed by atoms with E-state index < -0.39 is 11.6 Å². The fourth-order valence-electron chi connectivity index (χ4n) is 3.07. The molecule has 0 aliphatic rings. The topological polar surface area (TPSA) is 69.2 Å². The van der Waals surface area contributed by atoms with Gasteiger partial charge in [0.05, 0.1) is 21.1 Å². The first kappa shape index (κ1) is 22.9. The van der Waals surface area contributed by atoms with E-state index in [2.05, 4.69) is 12.2 Å². The number of hydrogen-bond acceptors (Lipinski definition) is 3. The predicted molar refractivity (Wildman–Crippen MR) is 96.0 cm³/mol. The standard InChI is InChI=1S/C19H38N2O3/c1-6-8-9-10-11-12-13-14-15-17(22)20-19(16-7-2,18(23)24)21(3,4)5/h6-16H2,1-5H3,(H-,20,22,23,24). The van der Waals surface area contributed by atoms with Crippen molar-refractivity contribution in [3.05, 3.63) is 0 Å². The number of nitrogens with one attached hydrogen (secondary N) is 1. The number of carboxylic acids is 1. The van der Waals surface area contributed by atoms with Gasteiger partial charge in [-0.15, -0.1) is 0 Å². The Kier molecular flexibility index (Phi) is 10.9. The molecule has 0 aromatic carbocycles. The monoisotopic (exact) mass is 342 g/mol. The van der Waals surface area contributed by atoms with Gasteiger partial charge in [-0.1, -0.05) is 58.8 Å². The molecule has 5 nitrogen and oxygen atoms in total. The van der Waals surface area contributed by atoms with Crippen molar-refractivity contribution in [2.75, 3.05) is 21.1 Å². The minimum atomic E-state index is -1.36. The van der Waals surface area contributed by atoms with Crippen LogP contribution in [-0.4, -0.2) is 43.2 Å². The molecule has 0 heterocycles. The van der Waals surface area contributed by atoms with Gasteiger partial charge in [-0.05, 0) is 12.8 Å². The lowest BCUT2D eigenvalue weighted by molar-refractivity contribution is -0.919. The Morgan fingerprint density at radius 2 is 1.38 bits per heavy atom. The molecule has 0 aliphatic carbocycles. The number of amides is 1. The highest BCUT2D eigenvalue weighted by atomic mass is 16.4. The molecule has 0 rings (SSSR count). The summed E-state index contributed by atoms with van der Waals surface area (Å²) in [5, 5.41) is 14.5. The molecular weight excluding hydrogens is 304 g/mol. The first-order valence-electron chi connectivity index (χ1n) is 9.55. The van der Waals surface area contributed by atoms with Crippen molar-refractivity contribution in [2.24, 2.45) is 0 Å². The van der Waals surface area contributed by atoms with Crippen LogP contribution in [0.2, 0.25) is 0 Å². The van der Waals surface area contributed by atoms with Crippen molar-refractivity contribution in [2.45, 2.75) is 90.1 Å². The van der Waals surface area contributed by atoms with E-state index in [4.69, 9.17) is 0 Å². The summed E-state index contributed by atoms with van der Waals surface area (Å²) in [5.41, 5.74) is -1.36. The van der Waals surface area contributed by atoms with Gasteiger partial charge in [-0.3, -0.25) is 10.1 Å². The van der Waals surface area contributed by atoms with E-state index in [1.54, 1.807) is 21.1 Å². The van der Waals surface area contributed by atoms with Crippen LogP contribution < -0.4 is 10.4 Å². The van der Waals surface area contributed by atoms with E-state index in [-0.39, 0.29) is 10.4 Å². The molecule has 0 aromatic rings. The Morgan fingerprint density at radius 1 is 0.875 bits per heavy atom. The normalized spacial score (nSPS) is 14.2. The third-order valence-corrected chi connectivity index (χ3v) is 4.70. The Morgan fingerprint density at radius 3 is 1.79 bits per heavy atom. The van der Waals surface area contributed by atoms with Crippen molar-refractivity contribution in [3.63, 3.8) is 0 Å². The molecule has 5 heteroatoms. The van der Waals surface area contributed by atoms with E-state index in [1.165, 1.54) is 32.1 Å². The van der Waals surface area contributed by atoms with Crippen LogP contribution in [0, 0.1) is 0 Å². The number of aliphatic carboxylic acids is 1. The third kappa shape index (κ3) is 7.65. The molecule has 142 valence electrons. The van der Waals surface area contributed by atoms with E-state index in [1.807, 2.05) is 6.92 Å². The lowest BCUT2D eigenvalue weighted by atomic mass is 9.99. The van der Waals surface area contributed by atoms with Gasteiger partial charge in [0.15, 0.2) is 0 Å². The number of carbonyl (C=O) groups excluding carboxylic acids is 2. The van der Waals surface area contributed by atoms with Crippen LogP contribution >= 0.6 is 0 Å². The van der Waals surface area contributed by atoms with Crippen molar-refractivity contribution >= 4 is 11.9 Å². The molecule has 0 saturated carbocycles. The molecule has 1 atom stereocenters. The van der Waals surface area contributed by atoms with Gasteiger partial charge in [0, 0.05) is 12.8 Å². The largest absolute Gasteiger partial charge is 0.542 e. The molecule has 0 spiro atoms. The number of quaternary nitrogens is 1. The van der Waals surface area contributed by atoms with Crippen LogP contribution in [0.4, 0.5) is 0 Å². The van der Waals surface area contributed by atoms with Crippen molar-refractivity contribution in [3.8, 4) is 0 Å².